The van der Waals surface area contributed by atoms with E-state index in [2.05, 4.69) is 10.6 Å². The van der Waals surface area contributed by atoms with Crippen molar-refractivity contribution >= 4 is 47.4 Å². The van der Waals surface area contributed by atoms with Gasteiger partial charge in [0.25, 0.3) is 0 Å². The number of carbonyl (C=O) groups excluding carboxylic acids is 3. The molecule has 1 rings (SSSR count). The van der Waals surface area contributed by atoms with Crippen molar-refractivity contribution in [3.05, 3.63) is 0 Å². The van der Waals surface area contributed by atoms with Crippen molar-refractivity contribution in [2.75, 3.05) is 0 Å². The molecule has 4 amide bonds. The predicted octanol–water partition coefficient (Wildman–Crippen LogP) is 0.146. The number of imide groups is 2. The number of hydrogen-bond acceptors (Lipinski definition) is 3. The molecule has 1 atom stereocenters. The molecule has 6 heteroatoms. The Balaban J connectivity index is 0.00000225. The number of amides is 4. The molecular formula is C10H17N2NaO3. The van der Waals surface area contributed by atoms with Crippen LogP contribution in [0, 0.1) is 11.3 Å². The van der Waals surface area contributed by atoms with E-state index >= 15 is 0 Å². The summed E-state index contributed by atoms with van der Waals surface area (Å²) in [5.41, 5.74) is -1.09. The van der Waals surface area contributed by atoms with Crippen LogP contribution in [0.2, 0.25) is 0 Å². The Morgan fingerprint density at radius 1 is 1.12 bits per heavy atom. The van der Waals surface area contributed by atoms with Gasteiger partial charge in [0.1, 0.15) is 5.41 Å². The topological polar surface area (TPSA) is 75.3 Å². The van der Waals surface area contributed by atoms with Crippen molar-refractivity contribution in [1.82, 2.24) is 10.6 Å². The Labute approximate surface area is 117 Å². The van der Waals surface area contributed by atoms with Crippen LogP contribution in [0.3, 0.4) is 0 Å². The number of urea groups is 1. The third-order valence-corrected chi connectivity index (χ3v) is 3.28. The van der Waals surface area contributed by atoms with Crippen LogP contribution < -0.4 is 10.6 Å². The van der Waals surface area contributed by atoms with E-state index in [4.69, 9.17) is 0 Å². The molecule has 0 unspecified atom stereocenters. The average molecular weight is 236 g/mol. The van der Waals surface area contributed by atoms with Crippen molar-refractivity contribution < 1.29 is 14.4 Å². The monoisotopic (exact) mass is 236 g/mol. The van der Waals surface area contributed by atoms with Crippen LogP contribution in [0.25, 0.3) is 0 Å². The second kappa shape index (κ2) is 5.80. The van der Waals surface area contributed by atoms with Crippen LogP contribution in [-0.4, -0.2) is 47.4 Å². The average Bonchev–Trinajstić information content (AvgIpc) is 2.17. The Bertz CT molecular complexity index is 297. The van der Waals surface area contributed by atoms with E-state index in [0.717, 1.165) is 0 Å². The molecule has 1 heterocycles. The second-order valence-corrected chi connectivity index (χ2v) is 3.87. The zero-order valence-corrected chi connectivity index (χ0v) is 9.22. The molecule has 0 aromatic carbocycles. The summed E-state index contributed by atoms with van der Waals surface area (Å²) >= 11 is 0. The van der Waals surface area contributed by atoms with Gasteiger partial charge in [-0.15, -0.1) is 0 Å². The number of nitrogens with one attached hydrogen (secondary N) is 2. The third-order valence-electron chi connectivity index (χ3n) is 3.28. The number of hydrogen-bond donors (Lipinski definition) is 2. The zero-order valence-electron chi connectivity index (χ0n) is 9.22. The first-order valence-electron chi connectivity index (χ1n) is 5.15. The van der Waals surface area contributed by atoms with Crippen molar-refractivity contribution in [3.63, 3.8) is 0 Å². The fraction of sp³-hybridized carbons (Fsp3) is 0.700. The fourth-order valence-electron chi connectivity index (χ4n) is 2.03. The molecule has 0 radical (unpaired) electrons. The maximum atomic E-state index is 11.8. The van der Waals surface area contributed by atoms with Gasteiger partial charge in [0, 0.05) is 0 Å². The van der Waals surface area contributed by atoms with E-state index in [1.807, 2.05) is 13.8 Å². The molecule has 0 aliphatic carbocycles. The van der Waals surface area contributed by atoms with Gasteiger partial charge in [-0.05, 0) is 12.3 Å². The molecule has 1 aliphatic rings. The molecule has 2 N–H and O–H groups in total. The molecule has 1 aliphatic heterocycles. The minimum atomic E-state index is -1.09. The SMILES string of the molecule is CC[C@@H](C)C1(CC)C(=O)NC(=O)NC1=O.[NaH]. The summed E-state index contributed by atoms with van der Waals surface area (Å²) in [6.07, 6.45) is 1.11. The summed E-state index contributed by atoms with van der Waals surface area (Å²) in [5.74, 6) is -1.04. The standard InChI is InChI=1S/C10H16N2O3.Na.H/c1-4-6(3)10(5-2)7(13)11-9(15)12-8(10)14;;/h6H,4-5H2,1-3H3,(H2,11,12,13,14,15);;/t6-;;/m1../s1. The summed E-state index contributed by atoms with van der Waals surface area (Å²) in [6, 6.07) is -0.725. The van der Waals surface area contributed by atoms with Crippen molar-refractivity contribution in [1.29, 1.82) is 0 Å². The van der Waals surface area contributed by atoms with Crippen molar-refractivity contribution in [3.8, 4) is 0 Å². The van der Waals surface area contributed by atoms with Crippen LogP contribution in [-0.2, 0) is 9.59 Å². The molecule has 1 fully saturated rings. The van der Waals surface area contributed by atoms with E-state index in [9.17, 15) is 14.4 Å². The third kappa shape index (κ3) is 2.31. The van der Waals surface area contributed by atoms with Crippen LogP contribution in [0.15, 0.2) is 0 Å². The van der Waals surface area contributed by atoms with Gasteiger partial charge >= 0.3 is 35.6 Å². The van der Waals surface area contributed by atoms with Crippen LogP contribution >= 0.6 is 0 Å². The predicted molar refractivity (Wildman–Crippen MR) is 61.0 cm³/mol. The van der Waals surface area contributed by atoms with Gasteiger partial charge in [-0.1, -0.05) is 27.2 Å². The fourth-order valence-corrected chi connectivity index (χ4v) is 2.03. The molecular weight excluding hydrogens is 219 g/mol. The van der Waals surface area contributed by atoms with E-state index in [-0.39, 0.29) is 35.5 Å². The van der Waals surface area contributed by atoms with Gasteiger partial charge in [0.05, 0.1) is 0 Å². The van der Waals surface area contributed by atoms with Gasteiger partial charge < -0.3 is 0 Å². The summed E-state index contributed by atoms with van der Waals surface area (Å²) < 4.78 is 0. The van der Waals surface area contributed by atoms with Gasteiger partial charge in [-0.2, -0.15) is 0 Å². The normalized spacial score (nSPS) is 20.6. The Morgan fingerprint density at radius 2 is 1.56 bits per heavy atom. The van der Waals surface area contributed by atoms with Crippen molar-refractivity contribution in [2.45, 2.75) is 33.6 Å². The Morgan fingerprint density at radius 3 is 1.88 bits per heavy atom. The van der Waals surface area contributed by atoms with Gasteiger partial charge in [0.2, 0.25) is 11.8 Å². The summed E-state index contributed by atoms with van der Waals surface area (Å²) in [4.78, 5) is 34.5. The first-order valence-corrected chi connectivity index (χ1v) is 5.15. The Kier molecular flexibility index (Phi) is 5.65. The molecule has 0 saturated carbocycles. The number of carbonyl (C=O) groups is 3. The van der Waals surface area contributed by atoms with Crippen LogP contribution in [0.1, 0.15) is 33.6 Å². The molecule has 0 aromatic heterocycles. The minimum absolute atomic E-state index is 0. The maximum absolute atomic E-state index is 11.8. The molecule has 1 saturated heterocycles. The molecule has 86 valence electrons. The van der Waals surface area contributed by atoms with E-state index in [1.165, 1.54) is 0 Å². The zero-order chi connectivity index (χ0) is 11.6. The summed E-state index contributed by atoms with van der Waals surface area (Å²) in [7, 11) is 0. The van der Waals surface area contributed by atoms with E-state index < -0.39 is 23.3 Å². The van der Waals surface area contributed by atoms with Crippen LogP contribution in [0.4, 0.5) is 4.79 Å². The molecule has 5 nitrogen and oxygen atoms in total. The quantitative estimate of drug-likeness (QED) is 0.541. The Hall–Kier alpha value is -0.390. The molecule has 0 aromatic rings. The summed E-state index contributed by atoms with van der Waals surface area (Å²) in [5, 5.41) is 4.31. The van der Waals surface area contributed by atoms with Gasteiger partial charge in [-0.25, -0.2) is 4.79 Å². The molecule has 0 spiro atoms. The van der Waals surface area contributed by atoms with Gasteiger partial charge in [-0.3, -0.25) is 20.2 Å². The van der Waals surface area contributed by atoms with Gasteiger partial charge in [0.15, 0.2) is 0 Å². The molecule has 16 heavy (non-hydrogen) atoms. The molecule has 0 bridgehead atoms. The van der Waals surface area contributed by atoms with Crippen molar-refractivity contribution in [2.24, 2.45) is 11.3 Å². The van der Waals surface area contributed by atoms with E-state index in [1.54, 1.807) is 6.92 Å². The first-order chi connectivity index (χ1) is 6.98. The summed E-state index contributed by atoms with van der Waals surface area (Å²) in [6.45, 7) is 5.54. The number of barbiturate groups is 1. The van der Waals surface area contributed by atoms with E-state index in [0.29, 0.717) is 12.8 Å². The first kappa shape index (κ1) is 15.6. The second-order valence-electron chi connectivity index (χ2n) is 3.87. The number of rotatable bonds is 3. The van der Waals surface area contributed by atoms with Crippen LogP contribution in [0.5, 0.6) is 0 Å².